The molecule has 0 spiro atoms. The Morgan fingerprint density at radius 3 is 2.00 bits per heavy atom. The number of carbonyl (C=O) groups excluding carboxylic acids is 1. The van der Waals surface area contributed by atoms with Crippen LogP contribution in [0.4, 0.5) is 0 Å². The molecule has 1 aromatic rings. The molecule has 0 aromatic heterocycles. The van der Waals surface area contributed by atoms with E-state index in [1.807, 2.05) is 0 Å². The van der Waals surface area contributed by atoms with Crippen molar-refractivity contribution in [2.24, 2.45) is 0 Å². The number of carbonyl (C=O) groups is 2. The third kappa shape index (κ3) is 3.38. The average molecular weight is 254 g/mol. The fourth-order valence-electron chi connectivity index (χ4n) is 1.46. The van der Waals surface area contributed by atoms with Crippen molar-refractivity contribution in [2.75, 3.05) is 14.2 Å². The van der Waals surface area contributed by atoms with Gasteiger partial charge in [0.05, 0.1) is 20.6 Å². The monoisotopic (exact) mass is 254 g/mol. The van der Waals surface area contributed by atoms with Crippen LogP contribution in [0.1, 0.15) is 12.5 Å². The van der Waals surface area contributed by atoms with E-state index in [1.54, 1.807) is 0 Å². The summed E-state index contributed by atoms with van der Waals surface area (Å²) in [5.41, 5.74) is 0.493. The zero-order valence-corrected chi connectivity index (χ0v) is 10.4. The highest BCUT2D eigenvalue weighted by molar-refractivity contribution is 5.74. The van der Waals surface area contributed by atoms with Crippen molar-refractivity contribution in [3.05, 3.63) is 17.7 Å². The molecule has 98 valence electrons. The van der Waals surface area contributed by atoms with E-state index in [0.717, 1.165) is 0 Å². The summed E-state index contributed by atoms with van der Waals surface area (Å²) in [7, 11) is 2.79. The van der Waals surface area contributed by atoms with Crippen molar-refractivity contribution in [1.82, 2.24) is 0 Å². The molecule has 1 rings (SSSR count). The largest absolute Gasteiger partial charge is 0.493 e. The molecule has 0 aliphatic rings. The first-order chi connectivity index (χ1) is 8.47. The lowest BCUT2D eigenvalue weighted by atomic mass is 10.1. The average Bonchev–Trinajstić information content (AvgIpc) is 2.29. The van der Waals surface area contributed by atoms with E-state index >= 15 is 0 Å². The molecule has 0 fully saturated rings. The molecule has 0 bridgehead atoms. The second-order valence-corrected chi connectivity index (χ2v) is 3.49. The molecular weight excluding hydrogens is 240 g/mol. The van der Waals surface area contributed by atoms with Crippen LogP contribution >= 0.6 is 0 Å². The van der Waals surface area contributed by atoms with Gasteiger partial charge in [0, 0.05) is 6.92 Å². The summed E-state index contributed by atoms with van der Waals surface area (Å²) in [5, 5.41) is 8.74. The summed E-state index contributed by atoms with van der Waals surface area (Å²) < 4.78 is 15.1. The number of esters is 1. The number of hydrogen-bond donors (Lipinski definition) is 1. The highest BCUT2D eigenvalue weighted by Crippen LogP contribution is 2.38. The Morgan fingerprint density at radius 2 is 1.67 bits per heavy atom. The molecule has 0 saturated carbocycles. The van der Waals surface area contributed by atoms with Crippen LogP contribution in [0.2, 0.25) is 0 Å². The van der Waals surface area contributed by atoms with Gasteiger partial charge in [0.25, 0.3) is 0 Å². The van der Waals surface area contributed by atoms with Crippen LogP contribution in [0.5, 0.6) is 17.2 Å². The maximum absolute atomic E-state index is 11.0. The Bertz CT molecular complexity index is 441. The molecule has 0 unspecified atom stereocenters. The van der Waals surface area contributed by atoms with Gasteiger partial charge in [-0.2, -0.15) is 0 Å². The van der Waals surface area contributed by atoms with Crippen molar-refractivity contribution in [3.8, 4) is 17.2 Å². The molecule has 18 heavy (non-hydrogen) atoms. The van der Waals surface area contributed by atoms with E-state index in [0.29, 0.717) is 5.56 Å². The lowest BCUT2D eigenvalue weighted by Crippen LogP contribution is -2.07. The minimum Gasteiger partial charge on any atom is -0.493 e. The number of benzene rings is 1. The van der Waals surface area contributed by atoms with Crippen molar-refractivity contribution in [3.63, 3.8) is 0 Å². The number of methoxy groups -OCH3 is 2. The zero-order valence-electron chi connectivity index (χ0n) is 10.4. The number of hydrogen-bond acceptors (Lipinski definition) is 5. The fourth-order valence-corrected chi connectivity index (χ4v) is 1.46. The molecule has 6 heteroatoms. The number of carboxylic acid groups (broad SMARTS) is 1. The minimum atomic E-state index is -0.973. The second kappa shape index (κ2) is 5.90. The third-order valence-electron chi connectivity index (χ3n) is 2.12. The van der Waals surface area contributed by atoms with Gasteiger partial charge in [0.15, 0.2) is 11.5 Å². The molecule has 0 saturated heterocycles. The summed E-state index contributed by atoms with van der Waals surface area (Å²) in [6.45, 7) is 1.25. The molecule has 0 aliphatic heterocycles. The van der Waals surface area contributed by atoms with E-state index in [4.69, 9.17) is 19.3 Å². The molecule has 1 aromatic carbocycles. The van der Waals surface area contributed by atoms with Crippen molar-refractivity contribution < 1.29 is 28.9 Å². The standard InChI is InChI=1S/C12H14O6/c1-7(13)18-12-9(16-2)4-8(6-11(14)15)5-10(12)17-3/h4-5H,6H2,1-3H3,(H,14,15). The Labute approximate surface area is 104 Å². The molecule has 0 atom stereocenters. The molecule has 6 nitrogen and oxygen atoms in total. The van der Waals surface area contributed by atoms with Crippen LogP contribution in [-0.4, -0.2) is 31.3 Å². The smallest absolute Gasteiger partial charge is 0.308 e. The van der Waals surface area contributed by atoms with Crippen molar-refractivity contribution >= 4 is 11.9 Å². The summed E-state index contributed by atoms with van der Waals surface area (Å²) in [5.74, 6) is -0.847. The minimum absolute atomic E-state index is 0.140. The first kappa shape index (κ1) is 13.8. The highest BCUT2D eigenvalue weighted by atomic mass is 16.6. The Balaban J connectivity index is 3.24. The predicted molar refractivity (Wildman–Crippen MR) is 62.2 cm³/mol. The maximum Gasteiger partial charge on any atom is 0.308 e. The van der Waals surface area contributed by atoms with E-state index < -0.39 is 11.9 Å². The summed E-state index contributed by atoms with van der Waals surface area (Å²) >= 11 is 0. The van der Waals surface area contributed by atoms with E-state index in [2.05, 4.69) is 0 Å². The van der Waals surface area contributed by atoms with E-state index in [1.165, 1.54) is 33.3 Å². The van der Waals surface area contributed by atoms with Gasteiger partial charge in [-0.1, -0.05) is 0 Å². The number of aliphatic carboxylic acids is 1. The predicted octanol–water partition coefficient (Wildman–Crippen LogP) is 1.26. The first-order valence-electron chi connectivity index (χ1n) is 5.13. The van der Waals surface area contributed by atoms with E-state index in [9.17, 15) is 9.59 Å². The zero-order chi connectivity index (χ0) is 13.7. The van der Waals surface area contributed by atoms with Gasteiger partial charge in [0.2, 0.25) is 5.75 Å². The van der Waals surface area contributed by atoms with Gasteiger partial charge in [-0.15, -0.1) is 0 Å². The quantitative estimate of drug-likeness (QED) is 0.629. The van der Waals surface area contributed by atoms with Crippen LogP contribution in [-0.2, 0) is 16.0 Å². The van der Waals surface area contributed by atoms with Crippen LogP contribution in [0.15, 0.2) is 12.1 Å². The van der Waals surface area contributed by atoms with E-state index in [-0.39, 0.29) is 23.7 Å². The van der Waals surface area contributed by atoms with Crippen molar-refractivity contribution in [2.45, 2.75) is 13.3 Å². The molecule has 0 heterocycles. The van der Waals surface area contributed by atoms with Gasteiger partial charge in [-0.05, 0) is 17.7 Å². The van der Waals surface area contributed by atoms with Crippen LogP contribution in [0.3, 0.4) is 0 Å². The topological polar surface area (TPSA) is 82.1 Å². The Hall–Kier alpha value is -2.24. The SMILES string of the molecule is COc1cc(CC(=O)O)cc(OC)c1OC(C)=O. The Morgan fingerprint density at radius 1 is 1.17 bits per heavy atom. The third-order valence-corrected chi connectivity index (χ3v) is 2.12. The maximum atomic E-state index is 11.0. The number of ether oxygens (including phenoxy) is 3. The molecule has 0 radical (unpaired) electrons. The second-order valence-electron chi connectivity index (χ2n) is 3.49. The lowest BCUT2D eigenvalue weighted by Gasteiger charge is -2.13. The molecule has 0 amide bonds. The molecular formula is C12H14O6. The van der Waals surface area contributed by atoms with Crippen molar-refractivity contribution in [1.29, 1.82) is 0 Å². The molecule has 0 aliphatic carbocycles. The van der Waals surface area contributed by atoms with Gasteiger partial charge >= 0.3 is 11.9 Å². The van der Waals surface area contributed by atoms with Crippen LogP contribution < -0.4 is 14.2 Å². The summed E-state index contributed by atoms with van der Waals surface area (Å²) in [4.78, 5) is 21.6. The lowest BCUT2D eigenvalue weighted by molar-refractivity contribution is -0.136. The number of carboxylic acids is 1. The molecule has 1 N–H and O–H groups in total. The highest BCUT2D eigenvalue weighted by Gasteiger charge is 2.17. The number of rotatable bonds is 5. The summed E-state index contributed by atoms with van der Waals surface area (Å²) in [6.07, 6.45) is -0.174. The van der Waals surface area contributed by atoms with Gasteiger partial charge in [-0.3, -0.25) is 9.59 Å². The Kier molecular flexibility index (Phi) is 4.53. The van der Waals surface area contributed by atoms with Crippen LogP contribution in [0, 0.1) is 0 Å². The van der Waals surface area contributed by atoms with Gasteiger partial charge in [-0.25, -0.2) is 0 Å². The van der Waals surface area contributed by atoms with Crippen LogP contribution in [0.25, 0.3) is 0 Å². The first-order valence-corrected chi connectivity index (χ1v) is 5.13. The normalized spacial score (nSPS) is 9.72. The summed E-state index contributed by atoms with van der Waals surface area (Å²) in [6, 6.07) is 2.99. The van der Waals surface area contributed by atoms with Gasteiger partial charge in [0.1, 0.15) is 0 Å². The fraction of sp³-hybridized carbons (Fsp3) is 0.333. The van der Waals surface area contributed by atoms with Gasteiger partial charge < -0.3 is 19.3 Å².